The lowest BCUT2D eigenvalue weighted by Crippen LogP contribution is -2.22. The molecule has 1 atom stereocenters. The first-order valence-electron chi connectivity index (χ1n) is 7.76. The Morgan fingerprint density at radius 2 is 2.24 bits per heavy atom. The Labute approximate surface area is 129 Å². The van der Waals surface area contributed by atoms with Crippen LogP contribution in [0.25, 0.3) is 0 Å². The van der Waals surface area contributed by atoms with Crippen molar-refractivity contribution in [2.45, 2.75) is 44.6 Å². The van der Waals surface area contributed by atoms with E-state index in [0.717, 1.165) is 36.6 Å². The van der Waals surface area contributed by atoms with E-state index in [1.54, 1.807) is 0 Å². The molecular weight excluding hydrogens is 286 g/mol. The van der Waals surface area contributed by atoms with Crippen LogP contribution in [0.3, 0.4) is 0 Å². The smallest absolute Gasteiger partial charge is 0.263 e. The molecule has 0 radical (unpaired) electrons. The minimum absolute atomic E-state index is 0.0629. The summed E-state index contributed by atoms with van der Waals surface area (Å²) in [4.78, 5) is 12.7. The molecule has 1 saturated heterocycles. The van der Waals surface area contributed by atoms with Crippen LogP contribution in [0, 0.1) is 0 Å². The van der Waals surface area contributed by atoms with Crippen LogP contribution in [0.4, 0.5) is 10.7 Å². The van der Waals surface area contributed by atoms with Crippen molar-refractivity contribution in [3.05, 3.63) is 10.4 Å². The zero-order valence-corrected chi connectivity index (χ0v) is 13.2. The normalized spacial score (nSPS) is 21.5. The van der Waals surface area contributed by atoms with Crippen LogP contribution in [0.15, 0.2) is 0 Å². The van der Waals surface area contributed by atoms with Gasteiger partial charge in [0.15, 0.2) is 0 Å². The van der Waals surface area contributed by atoms with E-state index < -0.39 is 0 Å². The molecule has 0 spiro atoms. The number of nitrogen functional groups attached to an aromatic ring is 1. The highest BCUT2D eigenvalue weighted by atomic mass is 32.1. The van der Waals surface area contributed by atoms with E-state index >= 15 is 0 Å². The molecule has 21 heavy (non-hydrogen) atoms. The van der Waals surface area contributed by atoms with E-state index in [0.29, 0.717) is 23.0 Å². The molecular formula is C15H23N3O2S. The zero-order valence-electron chi connectivity index (χ0n) is 12.4. The Kier molecular flexibility index (Phi) is 4.35. The molecule has 2 fully saturated rings. The topological polar surface area (TPSA) is 76.4 Å². The fourth-order valence-electron chi connectivity index (χ4n) is 2.79. The predicted octanol–water partition coefficient (Wildman–Crippen LogP) is 2.55. The molecule has 1 aliphatic carbocycles. The standard InChI is InChI=1S/C15H23N3O2S/c1-2-17-14(19)13-12(16)11(9-5-6-9)15(21-13)18-8-10-4-3-7-20-10/h9-10,18H,2-8,16H2,1H3,(H,17,19). The molecule has 1 aromatic rings. The van der Waals surface area contributed by atoms with Gasteiger partial charge in [-0.15, -0.1) is 11.3 Å². The highest BCUT2D eigenvalue weighted by molar-refractivity contribution is 7.18. The van der Waals surface area contributed by atoms with Gasteiger partial charge in [-0.1, -0.05) is 0 Å². The summed E-state index contributed by atoms with van der Waals surface area (Å²) in [5.41, 5.74) is 8.06. The summed E-state index contributed by atoms with van der Waals surface area (Å²) in [5, 5.41) is 7.37. The maximum absolute atomic E-state index is 12.1. The summed E-state index contributed by atoms with van der Waals surface area (Å²) in [6.07, 6.45) is 4.87. The van der Waals surface area contributed by atoms with Crippen molar-refractivity contribution >= 4 is 27.9 Å². The highest BCUT2D eigenvalue weighted by Gasteiger charge is 2.33. The number of ether oxygens (including phenoxy) is 1. The number of nitrogens with one attached hydrogen (secondary N) is 2. The highest BCUT2D eigenvalue weighted by Crippen LogP contribution is 2.50. The number of carbonyl (C=O) groups is 1. The minimum Gasteiger partial charge on any atom is -0.397 e. The van der Waals surface area contributed by atoms with Crippen molar-refractivity contribution < 1.29 is 9.53 Å². The second kappa shape index (κ2) is 6.23. The van der Waals surface area contributed by atoms with Crippen LogP contribution >= 0.6 is 11.3 Å². The third kappa shape index (κ3) is 3.16. The van der Waals surface area contributed by atoms with Gasteiger partial charge in [-0.25, -0.2) is 0 Å². The Morgan fingerprint density at radius 1 is 1.43 bits per heavy atom. The minimum atomic E-state index is -0.0629. The number of carbonyl (C=O) groups excluding carboxylic acids is 1. The van der Waals surface area contributed by atoms with Crippen LogP contribution < -0.4 is 16.4 Å². The zero-order chi connectivity index (χ0) is 14.8. The van der Waals surface area contributed by atoms with Crippen molar-refractivity contribution in [2.75, 3.05) is 30.7 Å². The van der Waals surface area contributed by atoms with Gasteiger partial charge in [-0.3, -0.25) is 4.79 Å². The van der Waals surface area contributed by atoms with E-state index in [4.69, 9.17) is 10.5 Å². The van der Waals surface area contributed by atoms with E-state index in [1.807, 2.05) is 6.92 Å². The Balaban J connectivity index is 1.77. The molecule has 2 heterocycles. The van der Waals surface area contributed by atoms with Gasteiger partial charge in [-0.05, 0) is 38.5 Å². The van der Waals surface area contributed by atoms with Crippen molar-refractivity contribution in [1.29, 1.82) is 0 Å². The molecule has 1 unspecified atom stereocenters. The first-order valence-corrected chi connectivity index (χ1v) is 8.58. The van der Waals surface area contributed by atoms with Crippen LogP contribution in [0.1, 0.15) is 53.8 Å². The maximum atomic E-state index is 12.1. The van der Waals surface area contributed by atoms with E-state index in [2.05, 4.69) is 10.6 Å². The predicted molar refractivity (Wildman–Crippen MR) is 86.2 cm³/mol. The van der Waals surface area contributed by atoms with Gasteiger partial charge in [0.25, 0.3) is 5.91 Å². The second-order valence-electron chi connectivity index (χ2n) is 5.74. The number of thiophene rings is 1. The average Bonchev–Trinajstić information content (AvgIpc) is 3.05. The maximum Gasteiger partial charge on any atom is 0.263 e. The number of anilines is 2. The van der Waals surface area contributed by atoms with Crippen molar-refractivity contribution in [2.24, 2.45) is 0 Å². The summed E-state index contributed by atoms with van der Waals surface area (Å²) < 4.78 is 5.65. The summed E-state index contributed by atoms with van der Waals surface area (Å²) in [7, 11) is 0. The van der Waals surface area contributed by atoms with E-state index in [1.165, 1.54) is 24.2 Å². The SMILES string of the molecule is CCNC(=O)c1sc(NCC2CCCO2)c(C2CC2)c1N. The molecule has 116 valence electrons. The van der Waals surface area contributed by atoms with Gasteiger partial charge in [0.05, 0.1) is 16.8 Å². The first kappa shape index (κ1) is 14.7. The fraction of sp³-hybridized carbons (Fsp3) is 0.667. The summed E-state index contributed by atoms with van der Waals surface area (Å²) in [5.74, 6) is 0.462. The van der Waals surface area contributed by atoms with Crippen LogP contribution in [-0.4, -0.2) is 31.7 Å². The van der Waals surface area contributed by atoms with E-state index in [9.17, 15) is 4.79 Å². The van der Waals surface area contributed by atoms with Gasteiger partial charge in [-0.2, -0.15) is 0 Å². The van der Waals surface area contributed by atoms with E-state index in [-0.39, 0.29) is 12.0 Å². The van der Waals surface area contributed by atoms with Gasteiger partial charge in [0.1, 0.15) is 4.88 Å². The number of amides is 1. The Bertz CT molecular complexity index is 519. The van der Waals surface area contributed by atoms with Crippen LogP contribution in [0.5, 0.6) is 0 Å². The van der Waals surface area contributed by atoms with Gasteiger partial charge in [0.2, 0.25) is 0 Å². The molecule has 1 amide bonds. The van der Waals surface area contributed by atoms with Crippen LogP contribution in [0.2, 0.25) is 0 Å². The number of nitrogens with two attached hydrogens (primary N) is 1. The Hall–Kier alpha value is -1.27. The summed E-state index contributed by atoms with van der Waals surface area (Å²) in [6.45, 7) is 4.20. The fourth-order valence-corrected chi connectivity index (χ4v) is 3.92. The number of rotatable bonds is 6. The monoisotopic (exact) mass is 309 g/mol. The molecule has 4 N–H and O–H groups in total. The lowest BCUT2D eigenvalue weighted by Gasteiger charge is -2.12. The third-order valence-corrected chi connectivity index (χ3v) is 5.20. The molecule has 1 aromatic heterocycles. The molecule has 2 aliphatic rings. The molecule has 0 aromatic carbocycles. The second-order valence-corrected chi connectivity index (χ2v) is 6.76. The average molecular weight is 309 g/mol. The van der Waals surface area contributed by atoms with Gasteiger partial charge < -0.3 is 21.1 Å². The molecule has 5 nitrogen and oxygen atoms in total. The molecule has 3 rings (SSSR count). The lowest BCUT2D eigenvalue weighted by atomic mass is 10.1. The third-order valence-electron chi connectivity index (χ3n) is 4.03. The molecule has 0 bridgehead atoms. The van der Waals surface area contributed by atoms with Gasteiger partial charge >= 0.3 is 0 Å². The first-order chi connectivity index (χ1) is 10.2. The van der Waals surface area contributed by atoms with Crippen LogP contribution in [-0.2, 0) is 4.74 Å². The lowest BCUT2D eigenvalue weighted by molar-refractivity contribution is 0.0960. The largest absolute Gasteiger partial charge is 0.397 e. The molecule has 1 aliphatic heterocycles. The quantitative estimate of drug-likeness (QED) is 0.755. The van der Waals surface area contributed by atoms with Crippen molar-refractivity contribution in [3.8, 4) is 0 Å². The van der Waals surface area contributed by atoms with Crippen molar-refractivity contribution in [1.82, 2.24) is 5.32 Å². The molecule has 6 heteroatoms. The molecule has 1 saturated carbocycles. The Morgan fingerprint density at radius 3 is 2.86 bits per heavy atom. The summed E-state index contributed by atoms with van der Waals surface area (Å²) >= 11 is 1.48. The van der Waals surface area contributed by atoms with Crippen molar-refractivity contribution in [3.63, 3.8) is 0 Å². The summed E-state index contributed by atoms with van der Waals surface area (Å²) in [6, 6.07) is 0. The number of hydrogen-bond donors (Lipinski definition) is 3. The van der Waals surface area contributed by atoms with Gasteiger partial charge in [0, 0.05) is 25.3 Å². The number of hydrogen-bond acceptors (Lipinski definition) is 5.